The lowest BCUT2D eigenvalue weighted by Gasteiger charge is -2.10. The van der Waals surface area contributed by atoms with Crippen LogP contribution in [0, 0.1) is 5.82 Å². The number of hydrogen-bond acceptors (Lipinski definition) is 4. The molecule has 0 spiro atoms. The summed E-state index contributed by atoms with van der Waals surface area (Å²) in [7, 11) is 3.35. The number of benzene rings is 2. The summed E-state index contributed by atoms with van der Waals surface area (Å²) in [6.45, 7) is 0.234. The largest absolute Gasteiger partial charge is 0.488 e. The van der Waals surface area contributed by atoms with Crippen molar-refractivity contribution in [2.45, 2.75) is 6.61 Å². The highest BCUT2D eigenvalue weighted by Crippen LogP contribution is 2.34. The zero-order valence-electron chi connectivity index (χ0n) is 14.2. The maximum absolute atomic E-state index is 13.3. The molecule has 0 bridgehead atoms. The van der Waals surface area contributed by atoms with Gasteiger partial charge in [-0.15, -0.1) is 0 Å². The van der Waals surface area contributed by atoms with Gasteiger partial charge in [0.05, 0.1) is 4.91 Å². The van der Waals surface area contributed by atoms with Gasteiger partial charge in [-0.1, -0.05) is 28.1 Å². The number of ether oxygens (including phenoxy) is 1. The van der Waals surface area contributed by atoms with Crippen LogP contribution >= 0.6 is 27.7 Å². The fourth-order valence-electron chi connectivity index (χ4n) is 2.44. The second-order valence-electron chi connectivity index (χ2n) is 5.58. The lowest BCUT2D eigenvalue weighted by molar-refractivity contribution is -0.121. The molecular weight excluding hydrogens is 419 g/mol. The normalized spacial score (nSPS) is 17.4. The van der Waals surface area contributed by atoms with Gasteiger partial charge in [0.1, 0.15) is 18.2 Å². The second kappa shape index (κ2) is 8.05. The van der Waals surface area contributed by atoms with Crippen molar-refractivity contribution in [2.75, 3.05) is 14.1 Å². The molecule has 0 aliphatic carbocycles. The van der Waals surface area contributed by atoms with Gasteiger partial charge >= 0.3 is 0 Å². The van der Waals surface area contributed by atoms with Gasteiger partial charge in [-0.3, -0.25) is 14.7 Å². The van der Waals surface area contributed by atoms with Crippen LogP contribution in [0.25, 0.3) is 6.08 Å². The molecule has 1 amide bonds. The molecule has 0 unspecified atom stereocenters. The first-order valence-corrected chi connectivity index (χ1v) is 9.40. The molecule has 0 saturated carbocycles. The topological polar surface area (TPSA) is 41.9 Å². The highest BCUT2D eigenvalue weighted by molar-refractivity contribution is 9.10. The molecular formula is C19H16BrFN2O2S. The quantitative estimate of drug-likeness (QED) is 0.654. The minimum Gasteiger partial charge on any atom is -0.488 e. The van der Waals surface area contributed by atoms with E-state index in [4.69, 9.17) is 4.74 Å². The molecule has 0 N–H and O–H groups in total. The number of nitrogens with zero attached hydrogens (tertiary/aromatic N) is 2. The van der Waals surface area contributed by atoms with Crippen LogP contribution in [0.5, 0.6) is 5.75 Å². The van der Waals surface area contributed by atoms with E-state index in [1.807, 2.05) is 18.2 Å². The zero-order valence-corrected chi connectivity index (χ0v) is 16.6. The summed E-state index contributed by atoms with van der Waals surface area (Å²) in [6.07, 6.45) is 1.79. The van der Waals surface area contributed by atoms with E-state index >= 15 is 0 Å². The van der Waals surface area contributed by atoms with Crippen molar-refractivity contribution >= 4 is 44.8 Å². The van der Waals surface area contributed by atoms with Crippen LogP contribution < -0.4 is 4.74 Å². The van der Waals surface area contributed by atoms with E-state index in [2.05, 4.69) is 20.9 Å². The number of aliphatic imine (C=N–C) groups is 1. The average Bonchev–Trinajstić information content (AvgIpc) is 2.89. The summed E-state index contributed by atoms with van der Waals surface area (Å²) in [5.74, 6) is 0.209. The molecule has 0 aromatic heterocycles. The Bertz CT molecular complexity index is 914. The van der Waals surface area contributed by atoms with E-state index in [1.165, 1.54) is 28.8 Å². The first-order valence-electron chi connectivity index (χ1n) is 7.79. The summed E-state index contributed by atoms with van der Waals surface area (Å²) in [6, 6.07) is 11.8. The zero-order chi connectivity index (χ0) is 18.7. The molecule has 134 valence electrons. The summed E-state index contributed by atoms with van der Waals surface area (Å²) in [5, 5.41) is 0.651. The minimum absolute atomic E-state index is 0.105. The summed E-state index contributed by atoms with van der Waals surface area (Å²) in [4.78, 5) is 18.5. The summed E-state index contributed by atoms with van der Waals surface area (Å²) < 4.78 is 20.1. The van der Waals surface area contributed by atoms with E-state index in [0.717, 1.165) is 15.6 Å². The number of amides is 1. The number of likely N-dealkylation sites (N-methyl/N-ethyl adjacent to an activating group) is 1. The Kier molecular flexibility index (Phi) is 5.78. The highest BCUT2D eigenvalue weighted by atomic mass is 79.9. The van der Waals surface area contributed by atoms with Gasteiger partial charge in [0.15, 0.2) is 5.17 Å². The third kappa shape index (κ3) is 4.16. The molecule has 0 radical (unpaired) electrons. The Morgan fingerprint density at radius 3 is 2.81 bits per heavy atom. The summed E-state index contributed by atoms with van der Waals surface area (Å²) in [5.41, 5.74) is 1.50. The Labute approximate surface area is 163 Å². The second-order valence-corrected chi connectivity index (χ2v) is 7.51. The Hall–Kier alpha value is -2.12. The smallest absolute Gasteiger partial charge is 0.266 e. The van der Waals surface area contributed by atoms with Crippen LogP contribution in [-0.4, -0.2) is 30.1 Å². The maximum atomic E-state index is 13.3. The number of rotatable bonds is 4. The Balaban J connectivity index is 1.87. The molecule has 0 atom stereocenters. The molecule has 3 rings (SSSR count). The van der Waals surface area contributed by atoms with Gasteiger partial charge in [0.2, 0.25) is 0 Å². The van der Waals surface area contributed by atoms with Gasteiger partial charge in [0.25, 0.3) is 5.91 Å². The van der Waals surface area contributed by atoms with E-state index in [9.17, 15) is 9.18 Å². The minimum atomic E-state index is -0.299. The number of thioether (sulfide) groups is 1. The molecule has 4 nitrogen and oxygen atoms in total. The lowest BCUT2D eigenvalue weighted by Crippen LogP contribution is -2.23. The number of amidine groups is 1. The van der Waals surface area contributed by atoms with Crippen LogP contribution in [0.1, 0.15) is 11.1 Å². The molecule has 1 fully saturated rings. The first kappa shape index (κ1) is 18.7. The molecule has 1 aliphatic heterocycles. The first-order chi connectivity index (χ1) is 12.5. The number of carbonyl (C=O) groups is 1. The van der Waals surface area contributed by atoms with Crippen LogP contribution in [-0.2, 0) is 11.4 Å². The molecule has 2 aromatic rings. The standard InChI is InChI=1S/C19H16BrFN2O2S/c1-22-19-23(2)18(24)17(26-19)10-13-9-14(20)6-7-16(13)25-11-12-4-3-5-15(21)8-12/h3-10H,11H2,1-2H3/b17-10+,22-19?. The Morgan fingerprint density at radius 2 is 2.12 bits per heavy atom. The van der Waals surface area contributed by atoms with Crippen molar-refractivity contribution in [1.29, 1.82) is 0 Å². The monoisotopic (exact) mass is 434 g/mol. The van der Waals surface area contributed by atoms with Crippen LogP contribution in [0.2, 0.25) is 0 Å². The molecule has 7 heteroatoms. The van der Waals surface area contributed by atoms with Crippen LogP contribution in [0.15, 0.2) is 56.8 Å². The van der Waals surface area contributed by atoms with E-state index < -0.39 is 0 Å². The van der Waals surface area contributed by atoms with E-state index in [0.29, 0.717) is 15.8 Å². The van der Waals surface area contributed by atoms with E-state index in [-0.39, 0.29) is 18.3 Å². The van der Waals surface area contributed by atoms with Crippen molar-refractivity contribution in [3.05, 3.63) is 68.8 Å². The Morgan fingerprint density at radius 1 is 1.31 bits per heavy atom. The predicted octanol–water partition coefficient (Wildman–Crippen LogP) is 4.70. The third-order valence-electron chi connectivity index (χ3n) is 3.74. The van der Waals surface area contributed by atoms with Gasteiger partial charge < -0.3 is 4.74 Å². The van der Waals surface area contributed by atoms with Crippen LogP contribution in [0.4, 0.5) is 4.39 Å². The molecule has 2 aromatic carbocycles. The van der Waals surface area contributed by atoms with Crippen molar-refractivity contribution < 1.29 is 13.9 Å². The SMILES string of the molecule is CN=C1S/C(=C/c2cc(Br)ccc2OCc2cccc(F)c2)C(=O)N1C. The highest BCUT2D eigenvalue weighted by Gasteiger charge is 2.30. The fraction of sp³-hybridized carbons (Fsp3) is 0.158. The van der Waals surface area contributed by atoms with Gasteiger partial charge in [-0.05, 0) is 53.7 Å². The van der Waals surface area contributed by atoms with Crippen molar-refractivity contribution in [2.24, 2.45) is 4.99 Å². The van der Waals surface area contributed by atoms with Crippen LogP contribution in [0.3, 0.4) is 0 Å². The lowest BCUT2D eigenvalue weighted by atomic mass is 10.1. The van der Waals surface area contributed by atoms with Crippen molar-refractivity contribution in [3.8, 4) is 5.75 Å². The summed E-state index contributed by atoms with van der Waals surface area (Å²) >= 11 is 4.76. The number of hydrogen-bond donors (Lipinski definition) is 0. The fourth-order valence-corrected chi connectivity index (χ4v) is 3.74. The molecule has 1 heterocycles. The van der Waals surface area contributed by atoms with Crippen molar-refractivity contribution in [1.82, 2.24) is 4.90 Å². The predicted molar refractivity (Wildman–Crippen MR) is 107 cm³/mol. The number of carbonyl (C=O) groups excluding carboxylic acids is 1. The molecule has 1 saturated heterocycles. The average molecular weight is 435 g/mol. The van der Waals surface area contributed by atoms with E-state index in [1.54, 1.807) is 32.3 Å². The molecule has 26 heavy (non-hydrogen) atoms. The van der Waals surface area contributed by atoms with Gasteiger partial charge in [0, 0.05) is 24.1 Å². The third-order valence-corrected chi connectivity index (χ3v) is 5.38. The number of halogens is 2. The molecule has 1 aliphatic rings. The maximum Gasteiger partial charge on any atom is 0.266 e. The van der Waals surface area contributed by atoms with Crippen molar-refractivity contribution in [3.63, 3.8) is 0 Å². The van der Waals surface area contributed by atoms with Gasteiger partial charge in [-0.2, -0.15) is 0 Å². The van der Waals surface area contributed by atoms with Gasteiger partial charge in [-0.25, -0.2) is 4.39 Å².